The lowest BCUT2D eigenvalue weighted by atomic mass is 9.77. The molecule has 1 heterocycles. The number of rotatable bonds is 4. The van der Waals surface area contributed by atoms with E-state index in [1.165, 1.54) is 44.6 Å². The van der Waals surface area contributed by atoms with Crippen LogP contribution >= 0.6 is 22.6 Å². The molecule has 0 radical (unpaired) electrons. The van der Waals surface area contributed by atoms with E-state index in [9.17, 15) is 9.18 Å². The SMILES string of the molecule is O=C(CCN1CCC2(CCCC2)CC1)c1ccc(I)cc1F. The number of benzene rings is 1. The van der Waals surface area contributed by atoms with Crippen molar-refractivity contribution >= 4 is 28.4 Å². The molecule has 0 bridgehead atoms. The molecule has 2 aliphatic rings. The van der Waals surface area contributed by atoms with Crippen LogP contribution < -0.4 is 0 Å². The molecule has 3 rings (SSSR count). The molecule has 0 atom stereocenters. The molecule has 22 heavy (non-hydrogen) atoms. The summed E-state index contributed by atoms with van der Waals surface area (Å²) in [6.45, 7) is 2.96. The standard InChI is InChI=1S/C18H23FINO/c19-16-13-14(20)3-4-15(16)17(22)5-10-21-11-8-18(9-12-21)6-1-2-7-18/h3-4,13H,1-2,5-12H2. The Hall–Kier alpha value is -0.490. The van der Waals surface area contributed by atoms with Crippen molar-refractivity contribution in [2.75, 3.05) is 19.6 Å². The van der Waals surface area contributed by atoms with Crippen LogP contribution in [0.25, 0.3) is 0 Å². The number of piperidine rings is 1. The van der Waals surface area contributed by atoms with Gasteiger partial charge < -0.3 is 4.90 Å². The number of carbonyl (C=O) groups excluding carboxylic acids is 1. The maximum atomic E-state index is 13.8. The van der Waals surface area contributed by atoms with Crippen LogP contribution in [0.3, 0.4) is 0 Å². The first-order valence-electron chi connectivity index (χ1n) is 8.29. The Morgan fingerprint density at radius 3 is 2.50 bits per heavy atom. The van der Waals surface area contributed by atoms with Gasteiger partial charge in [0.2, 0.25) is 0 Å². The van der Waals surface area contributed by atoms with Gasteiger partial charge in [-0.1, -0.05) is 12.8 Å². The molecule has 1 saturated heterocycles. The minimum atomic E-state index is -0.388. The fourth-order valence-electron chi connectivity index (χ4n) is 3.99. The third-order valence-corrected chi connectivity index (χ3v) is 6.14. The Bertz CT molecular complexity index is 544. The van der Waals surface area contributed by atoms with Crippen molar-refractivity contribution in [1.29, 1.82) is 0 Å². The van der Waals surface area contributed by atoms with E-state index in [1.807, 2.05) is 0 Å². The average Bonchev–Trinajstić information content (AvgIpc) is 2.95. The Morgan fingerprint density at radius 1 is 1.18 bits per heavy atom. The fourth-order valence-corrected chi connectivity index (χ4v) is 4.44. The molecular formula is C18H23FINO. The van der Waals surface area contributed by atoms with E-state index in [-0.39, 0.29) is 17.2 Å². The molecule has 0 aromatic heterocycles. The highest BCUT2D eigenvalue weighted by atomic mass is 127. The van der Waals surface area contributed by atoms with Gasteiger partial charge in [-0.3, -0.25) is 4.79 Å². The second kappa shape index (κ2) is 6.95. The normalized spacial score (nSPS) is 21.4. The Balaban J connectivity index is 1.49. The minimum Gasteiger partial charge on any atom is -0.303 e. The number of likely N-dealkylation sites (tertiary alicyclic amines) is 1. The quantitative estimate of drug-likeness (QED) is 0.527. The van der Waals surface area contributed by atoms with Crippen LogP contribution in [0.1, 0.15) is 55.3 Å². The maximum Gasteiger partial charge on any atom is 0.167 e. The van der Waals surface area contributed by atoms with Crippen LogP contribution in [0.15, 0.2) is 18.2 Å². The van der Waals surface area contributed by atoms with E-state index in [4.69, 9.17) is 0 Å². The predicted molar refractivity (Wildman–Crippen MR) is 94.6 cm³/mol. The lowest BCUT2D eigenvalue weighted by Gasteiger charge is -2.39. The van der Waals surface area contributed by atoms with Gasteiger partial charge in [-0.25, -0.2) is 4.39 Å². The fraction of sp³-hybridized carbons (Fsp3) is 0.611. The second-order valence-electron chi connectivity index (χ2n) is 6.85. The number of hydrogen-bond donors (Lipinski definition) is 0. The van der Waals surface area contributed by atoms with Crippen LogP contribution in [-0.2, 0) is 0 Å². The molecule has 1 spiro atoms. The summed E-state index contributed by atoms with van der Waals surface area (Å²) < 4.78 is 14.7. The molecule has 0 N–H and O–H groups in total. The first-order valence-corrected chi connectivity index (χ1v) is 9.37. The summed E-state index contributed by atoms with van der Waals surface area (Å²) >= 11 is 2.06. The highest BCUT2D eigenvalue weighted by molar-refractivity contribution is 14.1. The molecule has 1 saturated carbocycles. The molecule has 2 nitrogen and oxygen atoms in total. The molecular weight excluding hydrogens is 392 g/mol. The van der Waals surface area contributed by atoms with Gasteiger partial charge in [0.15, 0.2) is 5.78 Å². The molecule has 120 valence electrons. The van der Waals surface area contributed by atoms with Gasteiger partial charge in [-0.2, -0.15) is 0 Å². The Kier molecular flexibility index (Phi) is 5.17. The summed E-state index contributed by atoms with van der Waals surface area (Å²) in [6.07, 6.45) is 8.55. The molecule has 1 aliphatic carbocycles. The zero-order valence-corrected chi connectivity index (χ0v) is 15.1. The van der Waals surface area contributed by atoms with Crippen LogP contribution in [0, 0.1) is 14.8 Å². The highest BCUT2D eigenvalue weighted by Gasteiger charge is 2.36. The van der Waals surface area contributed by atoms with Gasteiger partial charge in [0.05, 0.1) is 5.56 Å². The Morgan fingerprint density at radius 2 is 1.86 bits per heavy atom. The number of halogens is 2. The molecule has 2 fully saturated rings. The van der Waals surface area contributed by atoms with Crippen molar-refractivity contribution in [2.24, 2.45) is 5.41 Å². The summed E-state index contributed by atoms with van der Waals surface area (Å²) in [5.41, 5.74) is 0.854. The van der Waals surface area contributed by atoms with Crippen LogP contribution in [0.2, 0.25) is 0 Å². The summed E-state index contributed by atoms with van der Waals surface area (Å²) in [4.78, 5) is 14.6. The van der Waals surface area contributed by atoms with Gasteiger partial charge in [-0.05, 0) is 85.0 Å². The Labute approximate surface area is 145 Å². The predicted octanol–water partition coefficient (Wildman–Crippen LogP) is 4.66. The number of Topliss-reactive ketones (excluding diaryl/α,β-unsaturated/α-hetero) is 1. The van der Waals surface area contributed by atoms with E-state index in [1.54, 1.807) is 12.1 Å². The topological polar surface area (TPSA) is 20.3 Å². The zero-order chi connectivity index (χ0) is 15.6. The second-order valence-corrected chi connectivity index (χ2v) is 8.09. The van der Waals surface area contributed by atoms with E-state index in [2.05, 4.69) is 27.5 Å². The van der Waals surface area contributed by atoms with Crippen molar-refractivity contribution in [2.45, 2.75) is 44.9 Å². The number of ketones is 1. The van der Waals surface area contributed by atoms with Crippen molar-refractivity contribution in [1.82, 2.24) is 4.90 Å². The highest BCUT2D eigenvalue weighted by Crippen LogP contribution is 2.46. The van der Waals surface area contributed by atoms with E-state index in [0.717, 1.165) is 23.2 Å². The van der Waals surface area contributed by atoms with Crippen molar-refractivity contribution < 1.29 is 9.18 Å². The largest absolute Gasteiger partial charge is 0.303 e. The third kappa shape index (κ3) is 3.70. The first-order chi connectivity index (χ1) is 10.6. The van der Waals surface area contributed by atoms with Crippen LogP contribution in [0.5, 0.6) is 0 Å². The van der Waals surface area contributed by atoms with E-state index < -0.39 is 0 Å². The lowest BCUT2D eigenvalue weighted by molar-refractivity contribution is 0.0885. The third-order valence-electron chi connectivity index (χ3n) is 5.47. The van der Waals surface area contributed by atoms with Gasteiger partial charge >= 0.3 is 0 Å². The van der Waals surface area contributed by atoms with Gasteiger partial charge in [0, 0.05) is 16.5 Å². The van der Waals surface area contributed by atoms with Crippen molar-refractivity contribution in [3.05, 3.63) is 33.1 Å². The first kappa shape index (κ1) is 16.4. The average molecular weight is 415 g/mol. The van der Waals surface area contributed by atoms with E-state index in [0.29, 0.717) is 11.8 Å². The maximum absolute atomic E-state index is 13.8. The van der Waals surface area contributed by atoms with Crippen LogP contribution in [0.4, 0.5) is 4.39 Å². The molecule has 4 heteroatoms. The molecule has 1 aromatic rings. The van der Waals surface area contributed by atoms with Gasteiger partial charge in [0.1, 0.15) is 5.82 Å². The summed E-state index contributed by atoms with van der Waals surface area (Å²) in [7, 11) is 0. The van der Waals surface area contributed by atoms with Crippen molar-refractivity contribution in [3.63, 3.8) is 0 Å². The zero-order valence-electron chi connectivity index (χ0n) is 12.9. The molecule has 1 aromatic carbocycles. The summed E-state index contributed by atoms with van der Waals surface area (Å²) in [5, 5.41) is 0. The monoisotopic (exact) mass is 415 g/mol. The van der Waals surface area contributed by atoms with Crippen molar-refractivity contribution in [3.8, 4) is 0 Å². The molecule has 1 aliphatic heterocycles. The smallest absolute Gasteiger partial charge is 0.167 e. The molecule has 0 amide bonds. The number of carbonyl (C=O) groups is 1. The minimum absolute atomic E-state index is 0.0740. The number of nitrogens with zero attached hydrogens (tertiary/aromatic N) is 1. The van der Waals surface area contributed by atoms with Gasteiger partial charge in [0.25, 0.3) is 0 Å². The molecule has 0 unspecified atom stereocenters. The van der Waals surface area contributed by atoms with Gasteiger partial charge in [-0.15, -0.1) is 0 Å². The summed E-state index contributed by atoms with van der Waals surface area (Å²) in [6, 6.07) is 4.84. The number of hydrogen-bond acceptors (Lipinski definition) is 2. The summed E-state index contributed by atoms with van der Waals surface area (Å²) in [5.74, 6) is -0.462. The lowest BCUT2D eigenvalue weighted by Crippen LogP contribution is -2.39. The van der Waals surface area contributed by atoms with E-state index >= 15 is 0 Å². The van der Waals surface area contributed by atoms with Crippen LogP contribution in [-0.4, -0.2) is 30.3 Å².